The normalized spacial score (nSPS) is 10.3. The van der Waals surface area contributed by atoms with E-state index in [0.717, 1.165) is 11.3 Å². The van der Waals surface area contributed by atoms with Gasteiger partial charge >= 0.3 is 0 Å². The molecule has 1 heterocycles. The summed E-state index contributed by atoms with van der Waals surface area (Å²) in [7, 11) is 1.87. The van der Waals surface area contributed by atoms with Crippen LogP contribution in [0.3, 0.4) is 0 Å². The van der Waals surface area contributed by atoms with Crippen molar-refractivity contribution >= 4 is 0 Å². The number of hydrogen-bond acceptors (Lipinski definition) is 2. The second-order valence-corrected chi connectivity index (χ2v) is 3.15. The molecule has 0 atom stereocenters. The molecule has 66 valence electrons. The molecule has 0 fully saturated rings. The fourth-order valence-corrected chi connectivity index (χ4v) is 1.28. The summed E-state index contributed by atoms with van der Waals surface area (Å²) >= 11 is 0. The second kappa shape index (κ2) is 3.01. The summed E-state index contributed by atoms with van der Waals surface area (Å²) in [5.74, 6) is 0. The molecule has 2 aromatic rings. The number of aromatic nitrogens is 3. The van der Waals surface area contributed by atoms with Gasteiger partial charge in [0.2, 0.25) is 0 Å². The van der Waals surface area contributed by atoms with E-state index in [9.17, 15) is 0 Å². The minimum Gasteiger partial charge on any atom is -0.255 e. The van der Waals surface area contributed by atoms with Gasteiger partial charge in [-0.05, 0) is 13.0 Å². The summed E-state index contributed by atoms with van der Waals surface area (Å²) in [5.41, 5.74) is 3.28. The molecule has 0 radical (unpaired) electrons. The largest absolute Gasteiger partial charge is 0.255 e. The molecule has 0 N–H and O–H groups in total. The molecular formula is C10H11N3. The molecule has 3 nitrogen and oxygen atoms in total. The van der Waals surface area contributed by atoms with Crippen molar-refractivity contribution in [2.75, 3.05) is 0 Å². The molecule has 0 spiro atoms. The van der Waals surface area contributed by atoms with Crippen molar-refractivity contribution in [1.82, 2.24) is 15.0 Å². The van der Waals surface area contributed by atoms with E-state index in [4.69, 9.17) is 0 Å². The lowest BCUT2D eigenvalue weighted by Crippen LogP contribution is -1.85. The topological polar surface area (TPSA) is 30.7 Å². The average Bonchev–Trinajstić information content (AvgIpc) is 2.52. The highest BCUT2D eigenvalue weighted by Crippen LogP contribution is 2.16. The minimum atomic E-state index is 0.922. The van der Waals surface area contributed by atoms with Crippen LogP contribution >= 0.6 is 0 Å². The molecule has 1 aromatic carbocycles. The molecule has 0 saturated carbocycles. The Balaban J connectivity index is 2.46. The Hall–Kier alpha value is -1.64. The fraction of sp³-hybridized carbons (Fsp3) is 0.200. The van der Waals surface area contributed by atoms with Crippen molar-refractivity contribution in [1.29, 1.82) is 0 Å². The van der Waals surface area contributed by atoms with Gasteiger partial charge in [-0.1, -0.05) is 29.0 Å². The molecule has 13 heavy (non-hydrogen) atoms. The van der Waals surface area contributed by atoms with Crippen LogP contribution in [-0.2, 0) is 7.05 Å². The third kappa shape index (κ3) is 1.59. The molecule has 0 aliphatic carbocycles. The molecule has 0 bridgehead atoms. The number of rotatable bonds is 1. The summed E-state index contributed by atoms with van der Waals surface area (Å²) in [6, 6.07) is 8.24. The lowest BCUT2D eigenvalue weighted by Gasteiger charge is -1.96. The van der Waals surface area contributed by atoms with Crippen molar-refractivity contribution in [2.24, 2.45) is 7.05 Å². The van der Waals surface area contributed by atoms with Crippen LogP contribution in [0.5, 0.6) is 0 Å². The van der Waals surface area contributed by atoms with Gasteiger partial charge in [-0.15, -0.1) is 5.10 Å². The number of hydrogen-bond donors (Lipinski definition) is 0. The van der Waals surface area contributed by atoms with Crippen LogP contribution in [0.1, 0.15) is 5.56 Å². The molecule has 1 aromatic heterocycles. The van der Waals surface area contributed by atoms with E-state index < -0.39 is 0 Å². The van der Waals surface area contributed by atoms with E-state index in [1.54, 1.807) is 4.68 Å². The third-order valence-corrected chi connectivity index (χ3v) is 1.92. The Morgan fingerprint density at radius 2 is 2.15 bits per heavy atom. The maximum Gasteiger partial charge on any atom is 0.113 e. The van der Waals surface area contributed by atoms with Gasteiger partial charge < -0.3 is 0 Å². The zero-order valence-electron chi connectivity index (χ0n) is 7.73. The van der Waals surface area contributed by atoms with E-state index in [2.05, 4.69) is 29.4 Å². The van der Waals surface area contributed by atoms with Crippen molar-refractivity contribution in [3.05, 3.63) is 36.0 Å². The van der Waals surface area contributed by atoms with E-state index in [1.807, 2.05) is 25.4 Å². The number of aryl methyl sites for hydroxylation is 2. The first-order valence-corrected chi connectivity index (χ1v) is 4.19. The van der Waals surface area contributed by atoms with E-state index in [1.165, 1.54) is 5.56 Å². The van der Waals surface area contributed by atoms with Crippen molar-refractivity contribution in [3.63, 3.8) is 0 Å². The van der Waals surface area contributed by atoms with Crippen LogP contribution in [0, 0.1) is 6.92 Å². The van der Waals surface area contributed by atoms with Crippen LogP contribution < -0.4 is 0 Å². The van der Waals surface area contributed by atoms with Crippen LogP contribution in [0.4, 0.5) is 0 Å². The lowest BCUT2D eigenvalue weighted by atomic mass is 10.1. The first-order chi connectivity index (χ1) is 6.25. The second-order valence-electron chi connectivity index (χ2n) is 3.15. The van der Waals surface area contributed by atoms with Crippen LogP contribution in [0.15, 0.2) is 30.5 Å². The maximum absolute atomic E-state index is 4.04. The Morgan fingerprint density at radius 1 is 1.31 bits per heavy atom. The fourth-order valence-electron chi connectivity index (χ4n) is 1.28. The minimum absolute atomic E-state index is 0.922. The molecule has 2 rings (SSSR count). The van der Waals surface area contributed by atoms with Crippen molar-refractivity contribution < 1.29 is 0 Å². The number of nitrogens with zero attached hydrogens (tertiary/aromatic N) is 3. The Morgan fingerprint density at radius 3 is 2.77 bits per heavy atom. The summed E-state index contributed by atoms with van der Waals surface area (Å²) in [4.78, 5) is 0. The quantitative estimate of drug-likeness (QED) is 0.658. The predicted octanol–water partition coefficient (Wildman–Crippen LogP) is 1.79. The van der Waals surface area contributed by atoms with Crippen LogP contribution in [0.25, 0.3) is 11.3 Å². The van der Waals surface area contributed by atoms with Crippen LogP contribution in [0.2, 0.25) is 0 Å². The SMILES string of the molecule is Cc1cccc(-c2cn(C)nn2)c1. The highest BCUT2D eigenvalue weighted by Gasteiger charge is 2.00. The molecule has 0 aliphatic rings. The Kier molecular flexibility index (Phi) is 1.85. The molecule has 0 unspecified atom stereocenters. The van der Waals surface area contributed by atoms with Gasteiger partial charge in [-0.2, -0.15) is 0 Å². The van der Waals surface area contributed by atoms with E-state index in [0.29, 0.717) is 0 Å². The summed E-state index contributed by atoms with van der Waals surface area (Å²) in [6.07, 6.45) is 1.91. The van der Waals surface area contributed by atoms with Gasteiger partial charge in [0, 0.05) is 12.6 Å². The van der Waals surface area contributed by atoms with Crippen LogP contribution in [-0.4, -0.2) is 15.0 Å². The smallest absolute Gasteiger partial charge is 0.113 e. The maximum atomic E-state index is 4.04. The standard InChI is InChI=1S/C10H11N3/c1-8-4-3-5-9(6-8)10-7-13(2)12-11-10/h3-7H,1-2H3. The third-order valence-electron chi connectivity index (χ3n) is 1.92. The van der Waals surface area contributed by atoms with Gasteiger partial charge in [0.15, 0.2) is 0 Å². The van der Waals surface area contributed by atoms with E-state index >= 15 is 0 Å². The summed E-state index contributed by atoms with van der Waals surface area (Å²) < 4.78 is 1.71. The molecule has 0 aliphatic heterocycles. The van der Waals surface area contributed by atoms with Gasteiger partial charge in [0.25, 0.3) is 0 Å². The van der Waals surface area contributed by atoms with Gasteiger partial charge in [0.05, 0.1) is 6.20 Å². The average molecular weight is 173 g/mol. The van der Waals surface area contributed by atoms with Crippen molar-refractivity contribution in [3.8, 4) is 11.3 Å². The van der Waals surface area contributed by atoms with Gasteiger partial charge in [-0.3, -0.25) is 4.68 Å². The Bertz CT molecular complexity index is 418. The zero-order chi connectivity index (χ0) is 9.26. The number of benzene rings is 1. The molecule has 0 saturated heterocycles. The summed E-state index contributed by atoms with van der Waals surface area (Å²) in [5, 5.41) is 7.93. The monoisotopic (exact) mass is 173 g/mol. The highest BCUT2D eigenvalue weighted by molar-refractivity contribution is 5.58. The van der Waals surface area contributed by atoms with Gasteiger partial charge in [0.1, 0.15) is 5.69 Å². The van der Waals surface area contributed by atoms with E-state index in [-0.39, 0.29) is 0 Å². The lowest BCUT2D eigenvalue weighted by molar-refractivity contribution is 0.715. The van der Waals surface area contributed by atoms with Gasteiger partial charge in [-0.25, -0.2) is 0 Å². The molecule has 3 heteroatoms. The zero-order valence-corrected chi connectivity index (χ0v) is 7.73. The Labute approximate surface area is 77.0 Å². The first-order valence-electron chi connectivity index (χ1n) is 4.19. The first kappa shape index (κ1) is 7.98. The summed E-state index contributed by atoms with van der Waals surface area (Å²) in [6.45, 7) is 2.07. The van der Waals surface area contributed by atoms with Crippen molar-refractivity contribution in [2.45, 2.75) is 6.92 Å². The predicted molar refractivity (Wildman–Crippen MR) is 51.2 cm³/mol. The molecular weight excluding hydrogens is 162 g/mol. The highest BCUT2D eigenvalue weighted by atomic mass is 15.4. The molecule has 0 amide bonds.